The first-order chi connectivity index (χ1) is 11.3. The lowest BCUT2D eigenvalue weighted by Gasteiger charge is -2.19. The summed E-state index contributed by atoms with van der Waals surface area (Å²) in [5.41, 5.74) is 6.22. The van der Waals surface area contributed by atoms with E-state index in [0.717, 1.165) is 0 Å². The maximum Gasteiger partial charge on any atom is 0.340 e. The van der Waals surface area contributed by atoms with Gasteiger partial charge in [-0.2, -0.15) is 0 Å². The van der Waals surface area contributed by atoms with Gasteiger partial charge in [-0.05, 0) is 30.2 Å². The smallest absolute Gasteiger partial charge is 0.340 e. The number of anilines is 1. The lowest BCUT2D eigenvalue weighted by atomic mass is 10.0. The Morgan fingerprint density at radius 3 is 2.76 bits per heavy atom. The highest BCUT2D eigenvalue weighted by Gasteiger charge is 2.36. The molecule has 1 aliphatic rings. The summed E-state index contributed by atoms with van der Waals surface area (Å²) >= 11 is 1.30. The Balaban J connectivity index is 0.00000312. The number of rotatable bonds is 6. The van der Waals surface area contributed by atoms with E-state index in [4.69, 9.17) is 10.5 Å². The minimum Gasteiger partial charge on any atom is -0.465 e. The second kappa shape index (κ2) is 9.17. The average Bonchev–Trinajstić information content (AvgIpc) is 3.13. The number of hydrogen-bond acceptors (Lipinski definition) is 6. The lowest BCUT2D eigenvalue weighted by Crippen LogP contribution is -2.48. The number of amides is 2. The van der Waals surface area contributed by atoms with Crippen LogP contribution in [0.1, 0.15) is 37.0 Å². The highest BCUT2D eigenvalue weighted by Crippen LogP contribution is 2.31. The number of thiophene rings is 1. The Morgan fingerprint density at radius 1 is 1.48 bits per heavy atom. The number of carbonyl (C=O) groups excluding carboxylic acids is 3. The Morgan fingerprint density at radius 2 is 2.16 bits per heavy atom. The number of halogens is 1. The molecule has 2 atom stereocenters. The second-order valence-electron chi connectivity index (χ2n) is 6.21. The van der Waals surface area contributed by atoms with Gasteiger partial charge >= 0.3 is 5.97 Å². The molecule has 1 fully saturated rings. The summed E-state index contributed by atoms with van der Waals surface area (Å²) in [6.07, 6.45) is 1.05. The third-order valence-electron chi connectivity index (χ3n) is 3.88. The van der Waals surface area contributed by atoms with Crippen molar-refractivity contribution in [1.29, 1.82) is 0 Å². The van der Waals surface area contributed by atoms with Crippen LogP contribution in [0, 0.1) is 5.92 Å². The van der Waals surface area contributed by atoms with Crippen LogP contribution >= 0.6 is 23.7 Å². The molecule has 25 heavy (non-hydrogen) atoms. The molecule has 0 aliphatic carbocycles. The molecule has 0 aromatic carbocycles. The fraction of sp³-hybridized carbons (Fsp3) is 0.562. The number of nitrogens with two attached hydrogens (primary N) is 1. The minimum absolute atomic E-state index is 0. The number of carbonyl (C=O) groups is 3. The van der Waals surface area contributed by atoms with E-state index < -0.39 is 18.1 Å². The maximum atomic E-state index is 12.6. The zero-order valence-corrected chi connectivity index (χ0v) is 16.1. The Kier molecular flexibility index (Phi) is 7.85. The fourth-order valence-electron chi connectivity index (χ4n) is 2.68. The largest absolute Gasteiger partial charge is 0.465 e. The summed E-state index contributed by atoms with van der Waals surface area (Å²) in [6, 6.07) is 0.395. The Hall–Kier alpha value is -1.64. The molecule has 0 bridgehead atoms. The van der Waals surface area contributed by atoms with Crippen LogP contribution < -0.4 is 16.0 Å². The lowest BCUT2D eigenvalue weighted by molar-refractivity contribution is -0.127. The zero-order valence-electron chi connectivity index (χ0n) is 14.5. The molecule has 7 nitrogen and oxygen atoms in total. The van der Waals surface area contributed by atoms with Gasteiger partial charge in [-0.15, -0.1) is 23.7 Å². The van der Waals surface area contributed by atoms with Gasteiger partial charge in [0, 0.05) is 6.54 Å². The summed E-state index contributed by atoms with van der Waals surface area (Å²) in [7, 11) is 1.30. The molecule has 0 saturated carbocycles. The summed E-state index contributed by atoms with van der Waals surface area (Å²) in [4.78, 5) is 38.0. The highest BCUT2D eigenvalue weighted by atomic mass is 35.5. The quantitative estimate of drug-likeness (QED) is 0.719. The molecule has 1 aromatic rings. The molecule has 1 saturated heterocycles. The number of nitrogens with one attached hydrogen (secondary N) is 1. The highest BCUT2D eigenvalue weighted by molar-refractivity contribution is 7.14. The number of hydrogen-bond donors (Lipinski definition) is 2. The van der Waals surface area contributed by atoms with Gasteiger partial charge in [-0.3, -0.25) is 9.59 Å². The van der Waals surface area contributed by atoms with Gasteiger partial charge in [0.1, 0.15) is 11.0 Å². The first kappa shape index (κ1) is 21.4. The van der Waals surface area contributed by atoms with Crippen LogP contribution in [-0.2, 0) is 14.3 Å². The number of esters is 1. The fourth-order valence-corrected chi connectivity index (χ4v) is 3.60. The van der Waals surface area contributed by atoms with Gasteiger partial charge in [0.25, 0.3) is 0 Å². The first-order valence-electron chi connectivity index (χ1n) is 7.88. The Labute approximate surface area is 157 Å². The summed E-state index contributed by atoms with van der Waals surface area (Å²) in [6.45, 7) is 4.41. The van der Waals surface area contributed by atoms with E-state index >= 15 is 0 Å². The van der Waals surface area contributed by atoms with Crippen LogP contribution in [0.3, 0.4) is 0 Å². The summed E-state index contributed by atoms with van der Waals surface area (Å²) < 4.78 is 4.73. The van der Waals surface area contributed by atoms with Gasteiger partial charge in [-0.1, -0.05) is 13.8 Å². The Bertz CT molecular complexity index is 635. The van der Waals surface area contributed by atoms with Crippen molar-refractivity contribution in [3.63, 3.8) is 0 Å². The van der Waals surface area contributed by atoms with Crippen molar-refractivity contribution < 1.29 is 19.1 Å². The summed E-state index contributed by atoms with van der Waals surface area (Å²) in [5.74, 6) is -0.725. The van der Waals surface area contributed by atoms with Gasteiger partial charge in [0.15, 0.2) is 0 Å². The van der Waals surface area contributed by atoms with Crippen molar-refractivity contribution in [2.24, 2.45) is 11.7 Å². The van der Waals surface area contributed by atoms with Crippen LogP contribution in [0.4, 0.5) is 5.00 Å². The van der Waals surface area contributed by atoms with Crippen molar-refractivity contribution in [2.75, 3.05) is 18.6 Å². The van der Waals surface area contributed by atoms with E-state index in [9.17, 15) is 14.4 Å². The van der Waals surface area contributed by atoms with Crippen molar-refractivity contribution in [2.45, 2.75) is 38.8 Å². The third kappa shape index (κ3) is 4.93. The predicted octanol–water partition coefficient (Wildman–Crippen LogP) is 1.55. The van der Waals surface area contributed by atoms with Crippen LogP contribution in [0.2, 0.25) is 0 Å². The number of methoxy groups -OCH3 is 1. The SMILES string of the molecule is COC(=O)c1ccsc1N1CCC(NC(=O)[C@@H](N)CC(C)C)C1=O.Cl. The predicted molar refractivity (Wildman–Crippen MR) is 99.2 cm³/mol. The van der Waals surface area contributed by atoms with E-state index in [1.807, 2.05) is 13.8 Å². The molecule has 2 amide bonds. The molecule has 0 spiro atoms. The minimum atomic E-state index is -0.626. The zero-order chi connectivity index (χ0) is 17.9. The van der Waals surface area contributed by atoms with Crippen LogP contribution in [-0.4, -0.2) is 43.5 Å². The number of nitrogens with zero attached hydrogens (tertiary/aromatic N) is 1. The van der Waals surface area contributed by atoms with Crippen LogP contribution in [0.5, 0.6) is 0 Å². The topological polar surface area (TPSA) is 102 Å². The molecule has 0 radical (unpaired) electrons. The van der Waals surface area contributed by atoms with Gasteiger partial charge in [0.2, 0.25) is 11.8 Å². The van der Waals surface area contributed by atoms with E-state index in [-0.39, 0.29) is 24.2 Å². The molecular formula is C16H24ClN3O4S. The monoisotopic (exact) mass is 389 g/mol. The molecule has 2 heterocycles. The van der Waals surface area contributed by atoms with Crippen molar-refractivity contribution >= 4 is 46.5 Å². The molecule has 2 rings (SSSR count). The van der Waals surface area contributed by atoms with Crippen molar-refractivity contribution in [3.8, 4) is 0 Å². The van der Waals surface area contributed by atoms with Crippen LogP contribution in [0.15, 0.2) is 11.4 Å². The van der Waals surface area contributed by atoms with Gasteiger partial charge < -0.3 is 20.7 Å². The summed E-state index contributed by atoms with van der Waals surface area (Å²) in [5, 5.41) is 5.01. The van der Waals surface area contributed by atoms with E-state index in [0.29, 0.717) is 35.9 Å². The first-order valence-corrected chi connectivity index (χ1v) is 8.76. The molecule has 9 heteroatoms. The molecule has 1 aliphatic heterocycles. The normalized spacial score (nSPS) is 18.0. The van der Waals surface area contributed by atoms with Crippen molar-refractivity contribution in [3.05, 3.63) is 17.0 Å². The molecule has 1 unspecified atom stereocenters. The van der Waals surface area contributed by atoms with Crippen LogP contribution in [0.25, 0.3) is 0 Å². The standard InChI is InChI=1S/C16H23N3O4S.ClH/c1-9(2)8-11(17)13(20)18-12-4-6-19(14(12)21)15-10(5-7-24-15)16(22)23-3;/h5,7,9,11-12H,4,6,8,17H2,1-3H3,(H,18,20);1H/t11-,12?;/m0./s1. The second-order valence-corrected chi connectivity index (χ2v) is 7.10. The molecule has 3 N–H and O–H groups in total. The van der Waals surface area contributed by atoms with Gasteiger partial charge in [-0.25, -0.2) is 4.79 Å². The van der Waals surface area contributed by atoms with E-state index in [2.05, 4.69) is 5.32 Å². The number of ether oxygens (including phenoxy) is 1. The average molecular weight is 390 g/mol. The van der Waals surface area contributed by atoms with E-state index in [1.165, 1.54) is 23.3 Å². The third-order valence-corrected chi connectivity index (χ3v) is 4.82. The van der Waals surface area contributed by atoms with Gasteiger partial charge in [0.05, 0.1) is 18.7 Å². The molecular weight excluding hydrogens is 366 g/mol. The van der Waals surface area contributed by atoms with Crippen molar-refractivity contribution in [1.82, 2.24) is 5.32 Å². The maximum absolute atomic E-state index is 12.6. The molecule has 1 aromatic heterocycles. The van der Waals surface area contributed by atoms with E-state index in [1.54, 1.807) is 11.4 Å². The molecule has 140 valence electrons.